The molecule has 1 fully saturated rings. The van der Waals surface area contributed by atoms with Crippen molar-refractivity contribution in [1.82, 2.24) is 15.2 Å². The maximum absolute atomic E-state index is 12.4. The summed E-state index contributed by atoms with van der Waals surface area (Å²) in [7, 11) is 0. The van der Waals surface area contributed by atoms with Crippen LogP contribution < -0.4 is 15.8 Å². The van der Waals surface area contributed by atoms with Crippen molar-refractivity contribution in [3.63, 3.8) is 0 Å². The third-order valence-corrected chi connectivity index (χ3v) is 5.02. The number of hydrogen-bond acceptors (Lipinski definition) is 8. The molecule has 0 saturated carbocycles. The fourth-order valence-corrected chi connectivity index (χ4v) is 3.79. The van der Waals surface area contributed by atoms with Gasteiger partial charge in [0.1, 0.15) is 11.3 Å². The minimum Gasteiger partial charge on any atom is -0.444 e. The first kappa shape index (κ1) is 21.1. The fraction of sp³-hybridized carbons (Fsp3) is 0.667. The van der Waals surface area contributed by atoms with E-state index in [9.17, 15) is 24.8 Å². The fourth-order valence-electron chi connectivity index (χ4n) is 3.79. The minimum absolute atomic E-state index is 0.141. The van der Waals surface area contributed by atoms with Gasteiger partial charge >= 0.3 is 17.3 Å². The van der Waals surface area contributed by atoms with Gasteiger partial charge in [-0.2, -0.15) is 0 Å². The number of aromatic amines is 1. The lowest BCUT2D eigenvalue weighted by Gasteiger charge is -2.42. The van der Waals surface area contributed by atoms with E-state index in [1.54, 1.807) is 25.7 Å². The van der Waals surface area contributed by atoms with Crippen molar-refractivity contribution in [2.24, 2.45) is 0 Å². The number of rotatable bonds is 3. The first-order valence-corrected chi connectivity index (χ1v) is 9.61. The number of nitrogens with one attached hydrogen (secondary N) is 2. The van der Waals surface area contributed by atoms with E-state index in [0.29, 0.717) is 30.8 Å². The van der Waals surface area contributed by atoms with Crippen LogP contribution >= 0.6 is 0 Å². The number of carbonyl (C=O) groups is 1. The van der Waals surface area contributed by atoms with Crippen LogP contribution in [0.2, 0.25) is 0 Å². The number of aromatic nitrogens is 1. The molecule has 1 saturated heterocycles. The molecule has 0 bridgehead atoms. The molecule has 1 amide bonds. The van der Waals surface area contributed by atoms with Gasteiger partial charge in [0, 0.05) is 37.4 Å². The Morgan fingerprint density at radius 1 is 1.38 bits per heavy atom. The number of pyridine rings is 1. The second-order valence-corrected chi connectivity index (χ2v) is 8.25. The molecule has 11 nitrogen and oxygen atoms in total. The highest BCUT2D eigenvalue weighted by Crippen LogP contribution is 2.34. The summed E-state index contributed by atoms with van der Waals surface area (Å²) in [5, 5.41) is 24.8. The number of nitro groups is 1. The Morgan fingerprint density at radius 3 is 2.72 bits per heavy atom. The first-order valence-electron chi connectivity index (χ1n) is 9.61. The van der Waals surface area contributed by atoms with Crippen LogP contribution in [0.3, 0.4) is 0 Å². The van der Waals surface area contributed by atoms with Crippen LogP contribution in [0.1, 0.15) is 32.0 Å². The van der Waals surface area contributed by atoms with Crippen LogP contribution in [0.5, 0.6) is 0 Å². The summed E-state index contributed by atoms with van der Waals surface area (Å²) in [5.41, 5.74) is -0.362. The molecule has 1 aromatic heterocycles. The quantitative estimate of drug-likeness (QED) is 0.480. The van der Waals surface area contributed by atoms with Gasteiger partial charge in [0.25, 0.3) is 0 Å². The number of ether oxygens (including phenoxy) is 1. The average molecular weight is 409 g/mol. The monoisotopic (exact) mass is 409 g/mol. The maximum Gasteiger partial charge on any atom is 0.410 e. The van der Waals surface area contributed by atoms with Crippen molar-refractivity contribution < 1.29 is 19.6 Å². The van der Waals surface area contributed by atoms with Crippen LogP contribution in [0.25, 0.3) is 0 Å². The minimum atomic E-state index is -0.765. The number of piperazine rings is 1. The van der Waals surface area contributed by atoms with E-state index >= 15 is 0 Å². The number of aliphatic hydroxyl groups is 1. The molecule has 3 rings (SSSR count). The van der Waals surface area contributed by atoms with E-state index in [0.717, 1.165) is 0 Å². The number of amides is 1. The Labute approximate surface area is 167 Å². The highest BCUT2D eigenvalue weighted by atomic mass is 16.6. The van der Waals surface area contributed by atoms with Gasteiger partial charge in [0.15, 0.2) is 0 Å². The number of anilines is 1. The highest BCUT2D eigenvalue weighted by Gasteiger charge is 2.38. The van der Waals surface area contributed by atoms with Gasteiger partial charge in [-0.05, 0) is 33.7 Å². The third-order valence-electron chi connectivity index (χ3n) is 5.02. The lowest BCUT2D eigenvalue weighted by atomic mass is 10.00. The predicted octanol–water partition coefficient (Wildman–Crippen LogP) is 0.347. The smallest absolute Gasteiger partial charge is 0.410 e. The SMILES string of the molecule is CC(C)(C)OC(=O)N1CCN(c2c3c([nH]c(=O)c2[N+](=O)[O-])CNCC3)C(CO)C1. The molecule has 0 spiro atoms. The van der Waals surface area contributed by atoms with Crippen LogP contribution in [0, 0.1) is 10.1 Å². The van der Waals surface area contributed by atoms with Crippen molar-refractivity contribution in [1.29, 1.82) is 0 Å². The van der Waals surface area contributed by atoms with Crippen molar-refractivity contribution >= 4 is 17.5 Å². The molecule has 0 aliphatic carbocycles. The molecule has 29 heavy (non-hydrogen) atoms. The van der Waals surface area contributed by atoms with Crippen LogP contribution in [0.15, 0.2) is 4.79 Å². The van der Waals surface area contributed by atoms with Gasteiger partial charge in [-0.3, -0.25) is 14.9 Å². The number of aliphatic hydroxyl groups excluding tert-OH is 1. The number of fused-ring (bicyclic) bond motifs is 1. The first-order chi connectivity index (χ1) is 13.6. The Bertz CT molecular complexity index is 862. The number of hydrogen-bond donors (Lipinski definition) is 3. The van der Waals surface area contributed by atoms with Gasteiger partial charge in [-0.15, -0.1) is 0 Å². The number of carbonyl (C=O) groups excluding carboxylic acids is 1. The zero-order valence-corrected chi connectivity index (χ0v) is 16.9. The second kappa shape index (κ2) is 7.99. The maximum atomic E-state index is 12.4. The molecule has 1 atom stereocenters. The van der Waals surface area contributed by atoms with Crippen molar-refractivity contribution in [3.8, 4) is 0 Å². The summed E-state index contributed by atoms with van der Waals surface area (Å²) in [5.74, 6) is 0. The van der Waals surface area contributed by atoms with Gasteiger partial charge in [-0.1, -0.05) is 0 Å². The standard InChI is InChI=1S/C18H27N5O6/c1-18(2,3)29-17(26)21-6-7-22(11(9-21)10-24)14-12-4-5-19-8-13(12)20-16(25)15(14)23(27)28/h11,19,24H,4-10H2,1-3H3,(H,20,25). The molecule has 11 heteroatoms. The summed E-state index contributed by atoms with van der Waals surface area (Å²) in [6, 6.07) is -0.587. The average Bonchev–Trinajstić information content (AvgIpc) is 2.64. The number of nitrogens with zero attached hydrogens (tertiary/aromatic N) is 3. The van der Waals surface area contributed by atoms with Crippen LogP contribution in [0.4, 0.5) is 16.2 Å². The zero-order valence-electron chi connectivity index (χ0n) is 16.9. The lowest BCUT2D eigenvalue weighted by Crippen LogP contribution is -2.57. The molecule has 0 radical (unpaired) electrons. The second-order valence-electron chi connectivity index (χ2n) is 8.25. The van der Waals surface area contributed by atoms with Crippen LogP contribution in [-0.4, -0.2) is 70.4 Å². The predicted molar refractivity (Wildman–Crippen MR) is 105 cm³/mol. The topological polar surface area (TPSA) is 141 Å². The van der Waals surface area contributed by atoms with E-state index in [1.165, 1.54) is 4.90 Å². The molecule has 3 N–H and O–H groups in total. The third kappa shape index (κ3) is 4.35. The summed E-state index contributed by atoms with van der Waals surface area (Å²) in [6.07, 6.45) is 0.0226. The van der Waals surface area contributed by atoms with Gasteiger partial charge in [0.2, 0.25) is 0 Å². The molecular weight excluding hydrogens is 382 g/mol. The van der Waals surface area contributed by atoms with E-state index in [-0.39, 0.29) is 31.9 Å². The van der Waals surface area contributed by atoms with E-state index < -0.39 is 33.9 Å². The summed E-state index contributed by atoms with van der Waals surface area (Å²) in [6.45, 7) is 6.68. The van der Waals surface area contributed by atoms with Crippen LogP contribution in [-0.2, 0) is 17.7 Å². The Morgan fingerprint density at radius 2 is 2.10 bits per heavy atom. The molecular formula is C18H27N5O6. The highest BCUT2D eigenvalue weighted by molar-refractivity contribution is 5.72. The number of H-pyrrole nitrogens is 1. The van der Waals surface area contributed by atoms with Gasteiger partial charge in [0.05, 0.1) is 17.6 Å². The summed E-state index contributed by atoms with van der Waals surface area (Å²) in [4.78, 5) is 41.6. The van der Waals surface area contributed by atoms with Crippen molar-refractivity contribution in [2.75, 3.05) is 37.7 Å². The molecule has 2 aliphatic heterocycles. The van der Waals surface area contributed by atoms with Gasteiger partial charge in [-0.25, -0.2) is 4.79 Å². The zero-order chi connectivity index (χ0) is 21.3. The molecule has 1 unspecified atom stereocenters. The molecule has 160 valence electrons. The van der Waals surface area contributed by atoms with Crippen molar-refractivity contribution in [2.45, 2.75) is 45.4 Å². The van der Waals surface area contributed by atoms with E-state index in [2.05, 4.69) is 10.3 Å². The molecule has 1 aromatic rings. The Balaban J connectivity index is 1.97. The van der Waals surface area contributed by atoms with E-state index in [4.69, 9.17) is 4.74 Å². The summed E-state index contributed by atoms with van der Waals surface area (Å²) >= 11 is 0. The van der Waals surface area contributed by atoms with Gasteiger partial charge < -0.3 is 29.9 Å². The molecule has 2 aliphatic rings. The molecule has 3 heterocycles. The lowest BCUT2D eigenvalue weighted by molar-refractivity contribution is -0.385. The Kier molecular flexibility index (Phi) is 5.80. The summed E-state index contributed by atoms with van der Waals surface area (Å²) < 4.78 is 5.40. The largest absolute Gasteiger partial charge is 0.444 e. The van der Waals surface area contributed by atoms with Crippen molar-refractivity contribution in [3.05, 3.63) is 31.7 Å². The molecule has 0 aromatic carbocycles. The normalized spacial score (nSPS) is 19.7. The van der Waals surface area contributed by atoms with E-state index in [1.807, 2.05) is 0 Å². The Hall–Kier alpha value is -2.66.